The zero-order chi connectivity index (χ0) is 23.7. The quantitative estimate of drug-likeness (QED) is 0.184. The highest BCUT2D eigenvalue weighted by Gasteiger charge is 2.48. The van der Waals surface area contributed by atoms with Crippen molar-refractivity contribution in [2.75, 3.05) is 0 Å². The molecule has 0 aliphatic heterocycles. The standard InChI is InChI=1S/C25H13F3O4S2/c26-25(27,28)34(29,30)32-20-12-5-13-21-23(20)17-9-3-8-15(24(17)33-21)14-7-4-11-19-22(14)16-6-1-2-10-18(16)31-19/h1-13H. The van der Waals surface area contributed by atoms with Gasteiger partial charge in [-0.1, -0.05) is 54.6 Å². The highest BCUT2D eigenvalue weighted by Crippen LogP contribution is 2.46. The Morgan fingerprint density at radius 1 is 0.735 bits per heavy atom. The predicted octanol–water partition coefficient (Wildman–Crippen LogP) is 7.85. The van der Waals surface area contributed by atoms with Crippen molar-refractivity contribution in [3.63, 3.8) is 0 Å². The summed E-state index contributed by atoms with van der Waals surface area (Å²) in [7, 11) is -5.80. The van der Waals surface area contributed by atoms with E-state index in [4.69, 9.17) is 4.42 Å². The molecule has 4 nitrogen and oxygen atoms in total. The Morgan fingerprint density at radius 2 is 1.41 bits per heavy atom. The Balaban J connectivity index is 1.64. The SMILES string of the molecule is O=S(=O)(Oc1cccc2sc3c(-c4cccc5oc6ccccc6c45)cccc3c12)C(F)(F)F. The van der Waals surface area contributed by atoms with E-state index in [9.17, 15) is 21.6 Å². The van der Waals surface area contributed by atoms with E-state index < -0.39 is 15.6 Å². The summed E-state index contributed by atoms with van der Waals surface area (Å²) < 4.78 is 74.3. The predicted molar refractivity (Wildman–Crippen MR) is 128 cm³/mol. The fraction of sp³-hybridized carbons (Fsp3) is 0.0400. The summed E-state index contributed by atoms with van der Waals surface area (Å²) in [6.45, 7) is 0. The Hall–Kier alpha value is -3.56. The van der Waals surface area contributed by atoms with Crippen molar-refractivity contribution in [3.05, 3.63) is 78.9 Å². The van der Waals surface area contributed by atoms with E-state index in [0.29, 0.717) is 15.5 Å². The molecule has 0 amide bonds. The average molecular weight is 499 g/mol. The van der Waals surface area contributed by atoms with Crippen LogP contribution in [-0.4, -0.2) is 13.9 Å². The van der Waals surface area contributed by atoms with Gasteiger partial charge in [-0.2, -0.15) is 21.6 Å². The summed E-state index contributed by atoms with van der Waals surface area (Å²) in [6, 6.07) is 23.3. The first kappa shape index (κ1) is 21.0. The van der Waals surface area contributed by atoms with Gasteiger partial charge in [-0.05, 0) is 29.8 Å². The van der Waals surface area contributed by atoms with Crippen molar-refractivity contribution >= 4 is 63.6 Å². The highest BCUT2D eigenvalue weighted by atomic mass is 32.2. The van der Waals surface area contributed by atoms with Gasteiger partial charge in [-0.15, -0.1) is 11.3 Å². The molecule has 6 rings (SSSR count). The molecular formula is C25H13F3O4S2. The van der Waals surface area contributed by atoms with Gasteiger partial charge in [0, 0.05) is 36.5 Å². The van der Waals surface area contributed by atoms with E-state index in [1.165, 1.54) is 23.5 Å². The number of alkyl halides is 3. The number of furan rings is 1. The molecule has 0 saturated heterocycles. The molecule has 0 bridgehead atoms. The molecule has 0 radical (unpaired) electrons. The Labute approximate surface area is 194 Å². The minimum atomic E-state index is -5.80. The fourth-order valence-corrected chi connectivity index (χ4v) is 5.98. The Bertz CT molecular complexity index is 1850. The third-order valence-electron chi connectivity index (χ3n) is 5.66. The van der Waals surface area contributed by atoms with Crippen molar-refractivity contribution in [2.24, 2.45) is 0 Å². The molecule has 4 aromatic carbocycles. The number of hydrogen-bond acceptors (Lipinski definition) is 5. The third kappa shape index (κ3) is 3.08. The number of thiophene rings is 1. The maximum atomic E-state index is 13.0. The molecule has 0 aliphatic carbocycles. The lowest BCUT2D eigenvalue weighted by molar-refractivity contribution is -0.0499. The summed E-state index contributed by atoms with van der Waals surface area (Å²) >= 11 is 1.36. The van der Waals surface area contributed by atoms with Crippen molar-refractivity contribution < 1.29 is 30.2 Å². The van der Waals surface area contributed by atoms with Gasteiger partial charge in [-0.25, -0.2) is 0 Å². The Kier molecular flexibility index (Phi) is 4.46. The molecule has 6 aromatic rings. The topological polar surface area (TPSA) is 56.5 Å². The summed E-state index contributed by atoms with van der Waals surface area (Å²) in [6.07, 6.45) is 0. The van der Waals surface area contributed by atoms with Crippen molar-refractivity contribution in [1.29, 1.82) is 0 Å². The van der Waals surface area contributed by atoms with Crippen molar-refractivity contribution in [3.8, 4) is 16.9 Å². The molecule has 0 atom stereocenters. The molecule has 0 N–H and O–H groups in total. The molecule has 0 fully saturated rings. The van der Waals surface area contributed by atoms with Crippen molar-refractivity contribution in [1.82, 2.24) is 0 Å². The normalized spacial score (nSPS) is 12.8. The second kappa shape index (κ2) is 7.22. The van der Waals surface area contributed by atoms with Gasteiger partial charge in [0.2, 0.25) is 0 Å². The molecule has 0 aliphatic rings. The monoisotopic (exact) mass is 498 g/mol. The van der Waals surface area contributed by atoms with Crippen LogP contribution in [0, 0.1) is 0 Å². The molecule has 9 heteroatoms. The average Bonchev–Trinajstić information content (AvgIpc) is 3.37. The molecule has 0 saturated carbocycles. The largest absolute Gasteiger partial charge is 0.534 e. The third-order valence-corrected chi connectivity index (χ3v) is 7.83. The minimum absolute atomic E-state index is 0.321. The zero-order valence-electron chi connectivity index (χ0n) is 17.1. The number of para-hydroxylation sites is 1. The maximum Gasteiger partial charge on any atom is 0.534 e. The first-order chi connectivity index (χ1) is 16.2. The van der Waals surface area contributed by atoms with Gasteiger partial charge in [-0.3, -0.25) is 0 Å². The Morgan fingerprint density at radius 3 is 2.24 bits per heavy atom. The molecular weight excluding hydrogens is 485 g/mol. The van der Waals surface area contributed by atoms with E-state index in [0.717, 1.165) is 37.8 Å². The highest BCUT2D eigenvalue weighted by molar-refractivity contribution is 7.88. The fourth-order valence-electron chi connectivity index (χ4n) is 4.26. The van der Waals surface area contributed by atoms with Gasteiger partial charge in [0.15, 0.2) is 5.75 Å². The molecule has 0 spiro atoms. The summed E-state index contributed by atoms with van der Waals surface area (Å²) in [5.41, 5.74) is -2.28. The molecule has 2 heterocycles. The van der Waals surface area contributed by atoms with Crippen LogP contribution in [0.1, 0.15) is 0 Å². The van der Waals surface area contributed by atoms with Crippen LogP contribution < -0.4 is 4.18 Å². The second-order valence-corrected chi connectivity index (χ2v) is 10.3. The minimum Gasteiger partial charge on any atom is -0.456 e. The van der Waals surface area contributed by atoms with E-state index >= 15 is 0 Å². The van der Waals surface area contributed by atoms with Crippen LogP contribution in [-0.2, 0) is 10.1 Å². The smallest absolute Gasteiger partial charge is 0.456 e. The van der Waals surface area contributed by atoms with E-state index in [1.807, 2.05) is 48.5 Å². The van der Waals surface area contributed by atoms with Crippen LogP contribution in [0.4, 0.5) is 13.2 Å². The van der Waals surface area contributed by atoms with Crippen LogP contribution in [0.25, 0.3) is 53.2 Å². The van der Waals surface area contributed by atoms with Gasteiger partial charge >= 0.3 is 15.6 Å². The molecule has 0 unspecified atom stereocenters. The van der Waals surface area contributed by atoms with Crippen LogP contribution in [0.15, 0.2) is 83.3 Å². The lowest BCUT2D eigenvalue weighted by Gasteiger charge is -2.10. The van der Waals surface area contributed by atoms with Crippen LogP contribution in [0.3, 0.4) is 0 Å². The van der Waals surface area contributed by atoms with Crippen LogP contribution in [0.2, 0.25) is 0 Å². The molecule has 34 heavy (non-hydrogen) atoms. The van der Waals surface area contributed by atoms with Gasteiger partial charge < -0.3 is 8.60 Å². The second-order valence-electron chi connectivity index (χ2n) is 7.67. The number of hydrogen-bond donors (Lipinski definition) is 0. The van der Waals surface area contributed by atoms with Crippen molar-refractivity contribution in [2.45, 2.75) is 5.51 Å². The number of benzene rings is 4. The van der Waals surface area contributed by atoms with Crippen LogP contribution in [0.5, 0.6) is 5.75 Å². The number of halogens is 3. The summed E-state index contributed by atoms with van der Waals surface area (Å²) in [5, 5.41) is 2.81. The first-order valence-corrected chi connectivity index (χ1v) is 12.3. The lowest BCUT2D eigenvalue weighted by atomic mass is 9.98. The van der Waals surface area contributed by atoms with Gasteiger partial charge in [0.25, 0.3) is 0 Å². The molecule has 2 aromatic heterocycles. The summed E-state index contributed by atoms with van der Waals surface area (Å²) in [4.78, 5) is 0. The van der Waals surface area contributed by atoms with E-state index in [2.05, 4.69) is 4.18 Å². The number of fused-ring (bicyclic) bond motifs is 6. The first-order valence-electron chi connectivity index (χ1n) is 10.1. The lowest BCUT2D eigenvalue weighted by Crippen LogP contribution is -2.28. The summed E-state index contributed by atoms with van der Waals surface area (Å²) in [5.74, 6) is -0.356. The molecule has 170 valence electrons. The van der Waals surface area contributed by atoms with E-state index in [1.54, 1.807) is 18.2 Å². The zero-order valence-corrected chi connectivity index (χ0v) is 18.7. The van der Waals surface area contributed by atoms with Crippen LogP contribution >= 0.6 is 11.3 Å². The van der Waals surface area contributed by atoms with Gasteiger partial charge in [0.05, 0.1) is 0 Å². The number of rotatable bonds is 3. The van der Waals surface area contributed by atoms with E-state index in [-0.39, 0.29) is 5.75 Å². The maximum absolute atomic E-state index is 13.0. The van der Waals surface area contributed by atoms with Gasteiger partial charge in [0.1, 0.15) is 11.2 Å².